The maximum Gasteiger partial charge on any atom is 0.306 e. The number of carbonyl (C=O) groups is 2. The number of carbonyl (C=O) groups excluding carboxylic acids is 1. The van der Waals surface area contributed by atoms with Crippen LogP contribution >= 0.6 is 0 Å². The summed E-state index contributed by atoms with van der Waals surface area (Å²) in [6.45, 7) is 4.41. The molecule has 0 aliphatic carbocycles. The van der Waals surface area contributed by atoms with E-state index in [9.17, 15) is 9.59 Å². The minimum Gasteiger partial charge on any atom is -0.481 e. The number of carboxylic acids is 1. The number of aliphatic carboxylic acids is 1. The summed E-state index contributed by atoms with van der Waals surface area (Å²) in [5, 5.41) is 8.84. The van der Waals surface area contributed by atoms with Gasteiger partial charge in [-0.3, -0.25) is 9.59 Å². The highest BCUT2D eigenvalue weighted by molar-refractivity contribution is 5.69. The predicted octanol–water partition coefficient (Wildman–Crippen LogP) is 11.6. The first-order valence-corrected chi connectivity index (χ1v) is 17.1. The van der Waals surface area contributed by atoms with Crippen LogP contribution in [-0.2, 0) is 14.3 Å². The quantitative estimate of drug-likeness (QED) is 0.0528. The molecule has 0 amide bonds. The van der Waals surface area contributed by atoms with Crippen LogP contribution in [0, 0.1) is 0 Å². The van der Waals surface area contributed by atoms with Gasteiger partial charge in [-0.1, -0.05) is 146 Å². The third kappa shape index (κ3) is 32.3. The zero-order valence-corrected chi connectivity index (χ0v) is 26.8. The molecular formula is C37H64O4. The van der Waals surface area contributed by atoms with Crippen molar-refractivity contribution in [1.29, 1.82) is 0 Å². The molecule has 0 aromatic carbocycles. The topological polar surface area (TPSA) is 63.6 Å². The van der Waals surface area contributed by atoms with Gasteiger partial charge in [-0.25, -0.2) is 0 Å². The number of carboxylic acid groups (broad SMARTS) is 1. The van der Waals surface area contributed by atoms with Gasteiger partial charge in [-0.05, 0) is 57.4 Å². The first-order chi connectivity index (χ1) is 20.1. The first kappa shape index (κ1) is 38.9. The minimum atomic E-state index is -0.750. The molecule has 236 valence electrons. The Morgan fingerprint density at radius 2 is 1.00 bits per heavy atom. The molecule has 4 nitrogen and oxygen atoms in total. The van der Waals surface area contributed by atoms with E-state index < -0.39 is 5.97 Å². The summed E-state index contributed by atoms with van der Waals surface area (Å²) in [7, 11) is 0. The summed E-state index contributed by atoms with van der Waals surface area (Å²) >= 11 is 0. The third-order valence-corrected chi connectivity index (χ3v) is 7.30. The van der Waals surface area contributed by atoms with E-state index in [0.717, 1.165) is 57.8 Å². The fraction of sp³-hybridized carbons (Fsp3) is 0.730. The van der Waals surface area contributed by atoms with Crippen LogP contribution in [0.4, 0.5) is 0 Å². The number of unbranched alkanes of at least 4 members (excludes halogenated alkanes) is 15. The summed E-state index contributed by atoms with van der Waals surface area (Å²) in [6.07, 6.45) is 42.7. The zero-order valence-electron chi connectivity index (χ0n) is 26.8. The normalized spacial score (nSPS) is 12.8. The second kappa shape index (κ2) is 32.4. The monoisotopic (exact) mass is 572 g/mol. The summed E-state index contributed by atoms with van der Waals surface area (Å²) in [5.41, 5.74) is 0. The lowest BCUT2D eigenvalue weighted by Crippen LogP contribution is -2.16. The Hall–Kier alpha value is -2.10. The molecule has 0 saturated heterocycles. The Kier molecular flexibility index (Phi) is 30.8. The molecule has 0 aromatic rings. The summed E-state index contributed by atoms with van der Waals surface area (Å²) in [6, 6.07) is 0. The molecule has 41 heavy (non-hydrogen) atoms. The van der Waals surface area contributed by atoms with E-state index in [0.29, 0.717) is 12.8 Å². The van der Waals surface area contributed by atoms with Crippen molar-refractivity contribution < 1.29 is 19.4 Å². The second-order valence-corrected chi connectivity index (χ2v) is 11.3. The SMILES string of the molecule is CC/C=C\C/C=C\C/C=C\C/C=C\C(CCCCCC(=O)O)OC(=O)CCCCCCCCCCCCCCCC. The van der Waals surface area contributed by atoms with Crippen LogP contribution in [0.3, 0.4) is 0 Å². The maximum absolute atomic E-state index is 12.5. The molecule has 0 rings (SSSR count). The van der Waals surface area contributed by atoms with E-state index in [1.807, 2.05) is 6.08 Å². The Labute approximate surface area is 253 Å². The van der Waals surface area contributed by atoms with Crippen LogP contribution in [0.5, 0.6) is 0 Å². The predicted molar refractivity (Wildman–Crippen MR) is 176 cm³/mol. The van der Waals surface area contributed by atoms with Crippen molar-refractivity contribution >= 4 is 11.9 Å². The summed E-state index contributed by atoms with van der Waals surface area (Å²) in [4.78, 5) is 23.2. The van der Waals surface area contributed by atoms with Crippen LogP contribution in [0.15, 0.2) is 48.6 Å². The van der Waals surface area contributed by atoms with Crippen LogP contribution in [0.25, 0.3) is 0 Å². The number of allylic oxidation sites excluding steroid dienone is 7. The van der Waals surface area contributed by atoms with Gasteiger partial charge in [-0.2, -0.15) is 0 Å². The standard InChI is InChI=1S/C37H64O4/c1-3-5-7-9-11-13-15-16-17-19-21-23-25-30-34-37(40)41-35(32-28-26-29-33-36(38)39)31-27-24-22-20-18-14-12-10-8-6-4-2/h6,8,12,14,20,22,27,31,35H,3-5,7,9-11,13,15-19,21,23-26,28-30,32-34H2,1-2H3,(H,38,39)/b8-6-,14-12-,22-20-,31-27-. The summed E-state index contributed by atoms with van der Waals surface area (Å²) < 4.78 is 5.80. The van der Waals surface area contributed by atoms with Gasteiger partial charge in [0.25, 0.3) is 0 Å². The molecule has 0 aliphatic heterocycles. The lowest BCUT2D eigenvalue weighted by atomic mass is 10.0. The highest BCUT2D eigenvalue weighted by Gasteiger charge is 2.11. The minimum absolute atomic E-state index is 0.109. The van der Waals surface area contributed by atoms with E-state index in [-0.39, 0.29) is 18.5 Å². The van der Waals surface area contributed by atoms with Crippen molar-refractivity contribution in [3.8, 4) is 0 Å². The summed E-state index contributed by atoms with van der Waals surface area (Å²) in [5.74, 6) is -0.859. The van der Waals surface area contributed by atoms with Crippen molar-refractivity contribution in [2.24, 2.45) is 0 Å². The van der Waals surface area contributed by atoms with Gasteiger partial charge in [0.1, 0.15) is 6.10 Å². The Bertz CT molecular complexity index is 704. The van der Waals surface area contributed by atoms with E-state index in [1.54, 1.807) is 0 Å². The molecule has 0 heterocycles. The van der Waals surface area contributed by atoms with Crippen LogP contribution < -0.4 is 0 Å². The molecule has 0 radical (unpaired) electrons. The molecule has 0 saturated carbocycles. The van der Waals surface area contributed by atoms with Crippen LogP contribution in [0.2, 0.25) is 0 Å². The van der Waals surface area contributed by atoms with Gasteiger partial charge in [0.2, 0.25) is 0 Å². The van der Waals surface area contributed by atoms with E-state index in [1.165, 1.54) is 77.0 Å². The lowest BCUT2D eigenvalue weighted by Gasteiger charge is -2.14. The first-order valence-electron chi connectivity index (χ1n) is 17.1. The highest BCUT2D eigenvalue weighted by atomic mass is 16.5. The van der Waals surface area contributed by atoms with Crippen LogP contribution in [-0.4, -0.2) is 23.1 Å². The molecule has 4 heteroatoms. The maximum atomic E-state index is 12.5. The largest absolute Gasteiger partial charge is 0.481 e. The van der Waals surface area contributed by atoms with Gasteiger partial charge < -0.3 is 9.84 Å². The molecule has 1 unspecified atom stereocenters. The molecule has 0 aromatic heterocycles. The number of hydrogen-bond donors (Lipinski definition) is 1. The van der Waals surface area contributed by atoms with Crippen LogP contribution in [0.1, 0.15) is 168 Å². The van der Waals surface area contributed by atoms with Gasteiger partial charge in [-0.15, -0.1) is 0 Å². The Morgan fingerprint density at radius 1 is 0.561 bits per heavy atom. The number of ether oxygens (including phenoxy) is 1. The van der Waals surface area contributed by atoms with Crippen molar-refractivity contribution in [3.63, 3.8) is 0 Å². The Balaban J connectivity index is 4.12. The van der Waals surface area contributed by atoms with Crippen molar-refractivity contribution in [3.05, 3.63) is 48.6 Å². The molecule has 0 fully saturated rings. The van der Waals surface area contributed by atoms with E-state index >= 15 is 0 Å². The van der Waals surface area contributed by atoms with E-state index in [2.05, 4.69) is 56.4 Å². The lowest BCUT2D eigenvalue weighted by molar-refractivity contribution is -0.147. The average Bonchev–Trinajstić information content (AvgIpc) is 2.95. The average molecular weight is 573 g/mol. The van der Waals surface area contributed by atoms with Gasteiger partial charge in [0.15, 0.2) is 0 Å². The number of hydrogen-bond acceptors (Lipinski definition) is 3. The van der Waals surface area contributed by atoms with Gasteiger partial charge >= 0.3 is 11.9 Å². The van der Waals surface area contributed by atoms with Gasteiger partial charge in [0, 0.05) is 12.8 Å². The molecule has 0 bridgehead atoms. The fourth-order valence-corrected chi connectivity index (χ4v) is 4.80. The molecule has 1 N–H and O–H groups in total. The number of rotatable bonds is 30. The fourth-order valence-electron chi connectivity index (χ4n) is 4.80. The highest BCUT2D eigenvalue weighted by Crippen LogP contribution is 2.15. The molecule has 0 spiro atoms. The second-order valence-electron chi connectivity index (χ2n) is 11.3. The van der Waals surface area contributed by atoms with Crippen molar-refractivity contribution in [2.75, 3.05) is 0 Å². The van der Waals surface area contributed by atoms with Crippen molar-refractivity contribution in [1.82, 2.24) is 0 Å². The zero-order chi connectivity index (χ0) is 30.1. The van der Waals surface area contributed by atoms with Crippen molar-refractivity contribution in [2.45, 2.75) is 174 Å². The van der Waals surface area contributed by atoms with E-state index in [4.69, 9.17) is 9.84 Å². The Morgan fingerprint density at radius 3 is 1.51 bits per heavy atom. The molecular weight excluding hydrogens is 508 g/mol. The smallest absolute Gasteiger partial charge is 0.306 e. The molecule has 1 atom stereocenters. The third-order valence-electron chi connectivity index (χ3n) is 7.30. The number of esters is 1. The molecule has 0 aliphatic rings. The van der Waals surface area contributed by atoms with Gasteiger partial charge in [0.05, 0.1) is 0 Å².